The number of fused-ring (bicyclic) bond motifs is 1. The first-order valence-electron chi connectivity index (χ1n) is 10.2. The van der Waals surface area contributed by atoms with Crippen LogP contribution < -0.4 is 15.5 Å². The molecule has 0 aliphatic carbocycles. The molecule has 0 unspecified atom stereocenters. The Bertz CT molecular complexity index is 1020. The van der Waals surface area contributed by atoms with Crippen LogP contribution in [0.15, 0.2) is 49.2 Å². The van der Waals surface area contributed by atoms with Crippen LogP contribution in [0.5, 0.6) is 0 Å². The first kappa shape index (κ1) is 22.7. The molecule has 3 heterocycles. The first-order chi connectivity index (χ1) is 14.6. The fourth-order valence-corrected chi connectivity index (χ4v) is 4.07. The van der Waals surface area contributed by atoms with Gasteiger partial charge in [0.15, 0.2) is 0 Å². The van der Waals surface area contributed by atoms with E-state index in [1.165, 1.54) is 0 Å². The normalized spacial score (nSPS) is 17.6. The minimum absolute atomic E-state index is 0. The van der Waals surface area contributed by atoms with Crippen molar-refractivity contribution in [3.8, 4) is 11.1 Å². The fourth-order valence-electron chi connectivity index (χ4n) is 4.07. The third-order valence-corrected chi connectivity index (χ3v) is 5.46. The number of carbonyl (C=O) groups excluding carboxylic acids is 1. The lowest BCUT2D eigenvalue weighted by Gasteiger charge is -2.39. The third kappa shape index (κ3) is 4.86. The molecular weight excluding hydrogens is 414 g/mol. The molecule has 1 aromatic carbocycles. The third-order valence-electron chi connectivity index (χ3n) is 5.46. The van der Waals surface area contributed by atoms with Crippen molar-refractivity contribution in [1.29, 1.82) is 0 Å². The maximum Gasteiger partial charge on any atom is 0.224 e. The number of nitrogens with zero attached hydrogens (tertiary/aromatic N) is 5. The van der Waals surface area contributed by atoms with E-state index in [0.29, 0.717) is 0 Å². The summed E-state index contributed by atoms with van der Waals surface area (Å²) in [6.07, 6.45) is 9.78. The van der Waals surface area contributed by atoms with Crippen molar-refractivity contribution in [1.82, 2.24) is 25.1 Å². The highest BCUT2D eigenvalue weighted by molar-refractivity contribution is 5.94. The monoisotopic (exact) mass is 441 g/mol. The van der Waals surface area contributed by atoms with Crippen LogP contribution in [0.3, 0.4) is 0 Å². The van der Waals surface area contributed by atoms with Gasteiger partial charge in [0.1, 0.15) is 5.82 Å². The largest absolute Gasteiger partial charge is 0.362 e. The van der Waals surface area contributed by atoms with E-state index in [1.54, 1.807) is 25.5 Å². The van der Waals surface area contributed by atoms with E-state index < -0.39 is 0 Å². The summed E-state index contributed by atoms with van der Waals surface area (Å²) in [6.45, 7) is 5.38. The Morgan fingerprint density at radius 2 is 2.06 bits per heavy atom. The number of nitrogens with one attached hydrogen (secondary N) is 2. The average molecular weight is 442 g/mol. The molecule has 1 aliphatic rings. The van der Waals surface area contributed by atoms with E-state index in [-0.39, 0.29) is 30.4 Å². The summed E-state index contributed by atoms with van der Waals surface area (Å²) in [6, 6.07) is 6.37. The summed E-state index contributed by atoms with van der Waals surface area (Å²) in [5.74, 6) is 0.775. The van der Waals surface area contributed by atoms with E-state index in [0.717, 1.165) is 47.7 Å². The number of anilines is 2. The van der Waals surface area contributed by atoms with E-state index in [1.807, 2.05) is 28.9 Å². The lowest BCUT2D eigenvalue weighted by Crippen LogP contribution is -2.43. The summed E-state index contributed by atoms with van der Waals surface area (Å²) in [5, 5.41) is 11.1. The van der Waals surface area contributed by atoms with Crippen molar-refractivity contribution < 1.29 is 4.79 Å². The summed E-state index contributed by atoms with van der Waals surface area (Å²) in [7, 11) is 1.93. The second-order valence-corrected chi connectivity index (χ2v) is 7.63. The standard InChI is InChI=1S/C22H27N7O.ClH/c1-15-10-20(27-22-13-24-6-7-25-22)19-11-17(4-5-21(19)29(15)16(2)30)18-12-26-28(14-18)9-8-23-3;/h4-7,11-15,20,23H,8-10H2,1-3H3,(H,25,27);1H/t15-,20+;/m0./s1. The molecule has 31 heavy (non-hydrogen) atoms. The van der Waals surface area contributed by atoms with Gasteiger partial charge in [-0.3, -0.25) is 14.5 Å². The molecular formula is C22H28ClN7O. The number of carbonyl (C=O) groups is 1. The van der Waals surface area contributed by atoms with E-state index in [9.17, 15) is 4.79 Å². The summed E-state index contributed by atoms with van der Waals surface area (Å²) in [5.41, 5.74) is 4.15. The molecule has 0 saturated heterocycles. The number of hydrogen-bond donors (Lipinski definition) is 2. The highest BCUT2D eigenvalue weighted by atomic mass is 35.5. The van der Waals surface area contributed by atoms with Crippen molar-refractivity contribution >= 4 is 29.8 Å². The Balaban J connectivity index is 0.00000272. The SMILES string of the molecule is CNCCn1cc(-c2ccc3c(c2)[C@H](Nc2cnccn2)C[C@H](C)N3C(C)=O)cn1.Cl. The van der Waals surface area contributed by atoms with Crippen LogP contribution in [0.2, 0.25) is 0 Å². The van der Waals surface area contributed by atoms with Gasteiger partial charge in [-0.2, -0.15) is 5.10 Å². The first-order valence-corrected chi connectivity index (χ1v) is 10.2. The second kappa shape index (κ2) is 9.89. The maximum atomic E-state index is 12.4. The average Bonchev–Trinajstić information content (AvgIpc) is 3.21. The van der Waals surface area contributed by atoms with Gasteiger partial charge in [-0.15, -0.1) is 12.4 Å². The zero-order chi connectivity index (χ0) is 21.1. The second-order valence-electron chi connectivity index (χ2n) is 7.63. The Morgan fingerprint density at radius 3 is 2.77 bits per heavy atom. The van der Waals surface area contributed by atoms with Gasteiger partial charge >= 0.3 is 0 Å². The van der Waals surface area contributed by atoms with Crippen LogP contribution in [0.1, 0.15) is 31.9 Å². The van der Waals surface area contributed by atoms with Crippen molar-refractivity contribution in [2.45, 2.75) is 38.9 Å². The van der Waals surface area contributed by atoms with Crippen LogP contribution in [0.25, 0.3) is 11.1 Å². The van der Waals surface area contributed by atoms with Gasteiger partial charge in [-0.25, -0.2) is 4.98 Å². The number of hydrogen-bond acceptors (Lipinski definition) is 6. The van der Waals surface area contributed by atoms with Crippen molar-refractivity contribution in [3.05, 3.63) is 54.7 Å². The predicted molar refractivity (Wildman–Crippen MR) is 124 cm³/mol. The number of halogens is 1. The molecule has 4 rings (SSSR count). The van der Waals surface area contributed by atoms with Gasteiger partial charge < -0.3 is 15.5 Å². The smallest absolute Gasteiger partial charge is 0.224 e. The number of benzene rings is 1. The Labute approximate surface area is 188 Å². The molecule has 164 valence electrons. The van der Waals surface area contributed by atoms with Gasteiger partial charge in [0.05, 0.1) is 25.0 Å². The molecule has 0 bridgehead atoms. The summed E-state index contributed by atoms with van der Waals surface area (Å²) in [4.78, 5) is 22.8. The Morgan fingerprint density at radius 1 is 1.23 bits per heavy atom. The lowest BCUT2D eigenvalue weighted by atomic mass is 9.89. The molecule has 3 aromatic rings. The molecule has 8 nitrogen and oxygen atoms in total. The molecule has 0 radical (unpaired) electrons. The van der Waals surface area contributed by atoms with Gasteiger partial charge in [0.25, 0.3) is 0 Å². The molecule has 2 atom stereocenters. The van der Waals surface area contributed by atoms with Crippen LogP contribution in [-0.4, -0.2) is 45.3 Å². The van der Waals surface area contributed by atoms with Gasteiger partial charge in [0, 0.05) is 49.4 Å². The van der Waals surface area contributed by atoms with Crippen LogP contribution >= 0.6 is 12.4 Å². The van der Waals surface area contributed by atoms with Crippen molar-refractivity contribution in [2.75, 3.05) is 23.8 Å². The minimum atomic E-state index is 0. The van der Waals surface area contributed by atoms with Crippen molar-refractivity contribution in [2.24, 2.45) is 0 Å². The minimum Gasteiger partial charge on any atom is -0.362 e. The summed E-state index contributed by atoms with van der Waals surface area (Å²) >= 11 is 0. The van der Waals surface area contributed by atoms with Crippen LogP contribution in [-0.2, 0) is 11.3 Å². The Kier molecular flexibility index (Phi) is 7.25. The lowest BCUT2D eigenvalue weighted by molar-refractivity contribution is -0.117. The van der Waals surface area contributed by atoms with Crippen LogP contribution in [0, 0.1) is 0 Å². The van der Waals surface area contributed by atoms with Gasteiger partial charge in [-0.1, -0.05) is 6.07 Å². The number of rotatable bonds is 6. The highest BCUT2D eigenvalue weighted by Crippen LogP contribution is 2.40. The number of amides is 1. The van der Waals surface area contributed by atoms with E-state index in [2.05, 4.69) is 51.0 Å². The molecule has 0 spiro atoms. The topological polar surface area (TPSA) is 88.0 Å². The number of likely N-dealkylation sites (N-methyl/N-ethyl adjacent to an activating group) is 1. The predicted octanol–water partition coefficient (Wildman–Crippen LogP) is 3.28. The van der Waals surface area contributed by atoms with Crippen LogP contribution in [0.4, 0.5) is 11.5 Å². The van der Waals surface area contributed by atoms with Crippen molar-refractivity contribution in [3.63, 3.8) is 0 Å². The van der Waals surface area contributed by atoms with Gasteiger partial charge in [0.2, 0.25) is 5.91 Å². The molecule has 0 fully saturated rings. The zero-order valence-corrected chi connectivity index (χ0v) is 18.8. The summed E-state index contributed by atoms with van der Waals surface area (Å²) < 4.78 is 1.94. The maximum absolute atomic E-state index is 12.4. The Hall–Kier alpha value is -2.97. The highest BCUT2D eigenvalue weighted by Gasteiger charge is 2.32. The molecule has 0 saturated carbocycles. The molecule has 1 aliphatic heterocycles. The quantitative estimate of drug-likeness (QED) is 0.610. The molecule has 9 heteroatoms. The molecule has 2 N–H and O–H groups in total. The molecule has 2 aromatic heterocycles. The zero-order valence-electron chi connectivity index (χ0n) is 17.9. The fraction of sp³-hybridized carbons (Fsp3) is 0.364. The van der Waals surface area contributed by atoms with E-state index in [4.69, 9.17) is 0 Å². The van der Waals surface area contributed by atoms with Gasteiger partial charge in [-0.05, 0) is 43.7 Å². The molecule has 1 amide bonds. The number of aromatic nitrogens is 4. The van der Waals surface area contributed by atoms with E-state index >= 15 is 0 Å².